The lowest BCUT2D eigenvalue weighted by Gasteiger charge is -2.22. The molecule has 0 heterocycles. The Hall–Kier alpha value is -1.40. The number of esters is 1. The number of amides is 1. The Kier molecular flexibility index (Phi) is 55.0. The summed E-state index contributed by atoms with van der Waals surface area (Å²) in [6.07, 6.45) is 66.3. The number of ether oxygens (including phenoxy) is 1. The van der Waals surface area contributed by atoms with Crippen LogP contribution in [0.15, 0.2) is 12.2 Å². The normalized spacial score (nSPS) is 12.6. The number of allylic oxidation sites excluding steroid dienone is 2. The third-order valence-electron chi connectivity index (χ3n) is 14.1. The number of hydrogen-bond donors (Lipinski definition) is 3. The molecule has 392 valence electrons. The van der Waals surface area contributed by atoms with Gasteiger partial charge in [-0.15, -0.1) is 0 Å². The maximum Gasteiger partial charge on any atom is 0.305 e. The first-order chi connectivity index (χ1) is 32.5. The summed E-state index contributed by atoms with van der Waals surface area (Å²) in [5, 5.41) is 23.3. The van der Waals surface area contributed by atoms with Crippen LogP contribution in [0.3, 0.4) is 0 Å². The summed E-state index contributed by atoms with van der Waals surface area (Å²) >= 11 is 0. The van der Waals surface area contributed by atoms with Gasteiger partial charge in [-0.2, -0.15) is 0 Å². The predicted molar refractivity (Wildman–Crippen MR) is 287 cm³/mol. The van der Waals surface area contributed by atoms with Gasteiger partial charge in [0.15, 0.2) is 0 Å². The maximum atomic E-state index is 12.5. The van der Waals surface area contributed by atoms with Crippen molar-refractivity contribution in [1.29, 1.82) is 0 Å². The van der Waals surface area contributed by atoms with E-state index >= 15 is 0 Å². The molecule has 0 radical (unpaired) electrons. The van der Waals surface area contributed by atoms with Gasteiger partial charge in [0.2, 0.25) is 5.91 Å². The third kappa shape index (κ3) is 52.0. The SMILES string of the molecule is CCCCCCCCCCCCCCCCCCCCCCC(O)C(CO)NC(=O)CCCCCCC/C=C\CCCCCCCCCOC(=O)CCCCCCCCCCCCCCC. The van der Waals surface area contributed by atoms with E-state index in [1.165, 1.54) is 238 Å². The van der Waals surface area contributed by atoms with Crippen LogP contribution in [0.25, 0.3) is 0 Å². The molecular weight excluding hydrogens is 815 g/mol. The number of carbonyl (C=O) groups excluding carboxylic acids is 2. The first-order valence-electron chi connectivity index (χ1n) is 29.9. The molecule has 0 fully saturated rings. The summed E-state index contributed by atoms with van der Waals surface area (Å²) in [6, 6.07) is -0.553. The van der Waals surface area contributed by atoms with Crippen LogP contribution >= 0.6 is 0 Å². The van der Waals surface area contributed by atoms with Gasteiger partial charge in [-0.1, -0.05) is 283 Å². The fourth-order valence-electron chi connectivity index (χ4n) is 9.46. The number of rotatable bonds is 56. The summed E-state index contributed by atoms with van der Waals surface area (Å²) in [6.45, 7) is 4.95. The highest BCUT2D eigenvalue weighted by Gasteiger charge is 2.20. The lowest BCUT2D eigenvalue weighted by atomic mass is 10.0. The lowest BCUT2D eigenvalue weighted by molar-refractivity contribution is -0.143. The van der Waals surface area contributed by atoms with Crippen LogP contribution in [-0.4, -0.2) is 47.4 Å². The van der Waals surface area contributed by atoms with Crippen molar-refractivity contribution in [3.8, 4) is 0 Å². The number of aliphatic hydroxyl groups is 2. The van der Waals surface area contributed by atoms with E-state index in [1.807, 2.05) is 0 Å². The number of hydrogen-bond acceptors (Lipinski definition) is 5. The average molecular weight is 933 g/mol. The van der Waals surface area contributed by atoms with Gasteiger partial charge in [0.05, 0.1) is 25.4 Å². The fraction of sp³-hybridized carbons (Fsp3) is 0.933. The Bertz CT molecular complexity index is 986. The molecule has 0 aliphatic carbocycles. The molecule has 0 saturated heterocycles. The second-order valence-electron chi connectivity index (χ2n) is 20.7. The molecule has 6 heteroatoms. The van der Waals surface area contributed by atoms with E-state index in [9.17, 15) is 19.8 Å². The molecule has 2 atom stereocenters. The van der Waals surface area contributed by atoms with Gasteiger partial charge in [0, 0.05) is 12.8 Å². The number of aliphatic hydroxyl groups excluding tert-OH is 2. The topological polar surface area (TPSA) is 95.9 Å². The molecule has 0 aromatic rings. The summed E-state index contributed by atoms with van der Waals surface area (Å²) in [5.41, 5.74) is 0. The summed E-state index contributed by atoms with van der Waals surface area (Å²) < 4.78 is 5.47. The molecular formula is C60H117NO5. The average Bonchev–Trinajstić information content (AvgIpc) is 3.32. The molecule has 0 saturated carbocycles. The van der Waals surface area contributed by atoms with Crippen LogP contribution in [0.5, 0.6) is 0 Å². The van der Waals surface area contributed by atoms with Crippen LogP contribution in [0.2, 0.25) is 0 Å². The molecule has 0 rings (SSSR count). The van der Waals surface area contributed by atoms with Crippen molar-refractivity contribution in [1.82, 2.24) is 5.32 Å². The minimum Gasteiger partial charge on any atom is -0.466 e. The van der Waals surface area contributed by atoms with Gasteiger partial charge in [0.1, 0.15) is 0 Å². The Labute approximate surface area is 412 Å². The standard InChI is InChI=1S/C60H117NO5/c1-3-5-7-9-11-13-15-17-18-19-20-21-22-25-29-32-36-40-44-48-52-58(63)57(56-62)61-59(64)53-49-45-41-37-33-30-26-23-24-27-31-35-39-43-47-51-55-66-60(65)54-50-46-42-38-34-28-16-14-12-10-8-6-4-2/h23,26,57-58,62-63H,3-22,24-25,27-56H2,1-2H3,(H,61,64)/b26-23-. The van der Waals surface area contributed by atoms with Gasteiger partial charge >= 0.3 is 5.97 Å². The number of unbranched alkanes of at least 4 members (excludes halogenated alkanes) is 43. The van der Waals surface area contributed by atoms with Crippen molar-refractivity contribution >= 4 is 11.9 Å². The minimum absolute atomic E-state index is 0.000427. The fourth-order valence-corrected chi connectivity index (χ4v) is 9.46. The molecule has 0 aliphatic rings. The maximum absolute atomic E-state index is 12.5. The molecule has 66 heavy (non-hydrogen) atoms. The van der Waals surface area contributed by atoms with E-state index < -0.39 is 12.1 Å². The highest BCUT2D eigenvalue weighted by Crippen LogP contribution is 2.18. The Balaban J connectivity index is 3.46. The van der Waals surface area contributed by atoms with Crippen LogP contribution in [0.1, 0.15) is 335 Å². The van der Waals surface area contributed by atoms with E-state index in [4.69, 9.17) is 4.74 Å². The predicted octanol–water partition coefficient (Wildman–Crippen LogP) is 18.5. The van der Waals surface area contributed by atoms with E-state index in [0.717, 1.165) is 64.2 Å². The second kappa shape index (κ2) is 56.2. The van der Waals surface area contributed by atoms with Crippen molar-refractivity contribution in [2.45, 2.75) is 347 Å². The monoisotopic (exact) mass is 932 g/mol. The lowest BCUT2D eigenvalue weighted by Crippen LogP contribution is -2.45. The van der Waals surface area contributed by atoms with Gasteiger partial charge in [-0.05, 0) is 51.4 Å². The number of nitrogens with one attached hydrogen (secondary N) is 1. The molecule has 3 N–H and O–H groups in total. The van der Waals surface area contributed by atoms with E-state index in [-0.39, 0.29) is 18.5 Å². The van der Waals surface area contributed by atoms with Gasteiger partial charge in [-0.3, -0.25) is 9.59 Å². The van der Waals surface area contributed by atoms with Crippen LogP contribution < -0.4 is 5.32 Å². The zero-order chi connectivity index (χ0) is 47.9. The highest BCUT2D eigenvalue weighted by molar-refractivity contribution is 5.76. The van der Waals surface area contributed by atoms with Crippen molar-refractivity contribution in [3.05, 3.63) is 12.2 Å². The molecule has 6 nitrogen and oxygen atoms in total. The van der Waals surface area contributed by atoms with Crippen LogP contribution in [0.4, 0.5) is 0 Å². The van der Waals surface area contributed by atoms with E-state index in [2.05, 4.69) is 31.3 Å². The summed E-state index contributed by atoms with van der Waals surface area (Å²) in [5.74, 6) is -0.0490. The third-order valence-corrected chi connectivity index (χ3v) is 14.1. The van der Waals surface area contributed by atoms with Crippen molar-refractivity contribution < 1.29 is 24.5 Å². The molecule has 2 unspecified atom stereocenters. The zero-order valence-corrected chi connectivity index (χ0v) is 44.7. The molecule has 0 bridgehead atoms. The van der Waals surface area contributed by atoms with Crippen molar-refractivity contribution in [3.63, 3.8) is 0 Å². The van der Waals surface area contributed by atoms with Crippen molar-refractivity contribution in [2.75, 3.05) is 13.2 Å². The summed E-state index contributed by atoms with van der Waals surface area (Å²) in [7, 11) is 0. The molecule has 0 aromatic heterocycles. The number of carbonyl (C=O) groups is 2. The first-order valence-corrected chi connectivity index (χ1v) is 29.9. The van der Waals surface area contributed by atoms with Gasteiger partial charge in [-0.25, -0.2) is 0 Å². The first kappa shape index (κ1) is 64.6. The molecule has 0 aromatic carbocycles. The van der Waals surface area contributed by atoms with Crippen LogP contribution in [0, 0.1) is 0 Å². The zero-order valence-electron chi connectivity index (χ0n) is 44.7. The van der Waals surface area contributed by atoms with Gasteiger partial charge < -0.3 is 20.3 Å². The highest BCUT2D eigenvalue weighted by atomic mass is 16.5. The largest absolute Gasteiger partial charge is 0.466 e. The Morgan fingerprint density at radius 1 is 0.409 bits per heavy atom. The Morgan fingerprint density at radius 3 is 1.08 bits per heavy atom. The minimum atomic E-state index is -0.675. The molecule has 0 spiro atoms. The quantitative estimate of drug-likeness (QED) is 0.0321. The van der Waals surface area contributed by atoms with E-state index in [0.29, 0.717) is 25.9 Å². The van der Waals surface area contributed by atoms with E-state index in [1.54, 1.807) is 0 Å². The summed E-state index contributed by atoms with van der Waals surface area (Å²) in [4.78, 5) is 24.5. The molecule has 0 aliphatic heterocycles. The second-order valence-corrected chi connectivity index (χ2v) is 20.7. The van der Waals surface area contributed by atoms with Gasteiger partial charge in [0.25, 0.3) is 0 Å². The Morgan fingerprint density at radius 2 is 0.712 bits per heavy atom. The van der Waals surface area contributed by atoms with Crippen LogP contribution in [-0.2, 0) is 14.3 Å². The van der Waals surface area contributed by atoms with Crippen molar-refractivity contribution in [2.24, 2.45) is 0 Å². The smallest absolute Gasteiger partial charge is 0.305 e. The molecule has 1 amide bonds.